The quantitative estimate of drug-likeness (QED) is 0.917. The summed E-state index contributed by atoms with van der Waals surface area (Å²) in [5.41, 5.74) is 1.06. The number of amides is 1. The first-order valence-corrected chi connectivity index (χ1v) is 8.04. The number of rotatable bonds is 4. The van der Waals surface area contributed by atoms with E-state index in [2.05, 4.69) is 5.32 Å². The Kier molecular flexibility index (Phi) is 6.65. The summed E-state index contributed by atoms with van der Waals surface area (Å²) < 4.78 is 11.3. The topological polar surface area (TPSA) is 49.4 Å². The second-order valence-electron chi connectivity index (χ2n) is 4.94. The molecule has 2 atom stereocenters. The summed E-state index contributed by atoms with van der Waals surface area (Å²) in [6.45, 7) is 1.52. The number of halogens is 1. The molecule has 0 bridgehead atoms. The van der Waals surface area contributed by atoms with Gasteiger partial charge < -0.3 is 10.2 Å². The normalized spacial score (nSPS) is 19.2. The summed E-state index contributed by atoms with van der Waals surface area (Å²) in [5, 5.41) is 3.22. The minimum absolute atomic E-state index is 0. The first-order valence-electron chi connectivity index (χ1n) is 6.48. The maximum absolute atomic E-state index is 12.1. The lowest BCUT2D eigenvalue weighted by atomic mass is 10.1. The van der Waals surface area contributed by atoms with E-state index in [1.165, 1.54) is 0 Å². The van der Waals surface area contributed by atoms with E-state index < -0.39 is 10.8 Å². The minimum Gasteiger partial charge on any atom is -0.340 e. The van der Waals surface area contributed by atoms with Crippen LogP contribution < -0.4 is 5.32 Å². The van der Waals surface area contributed by atoms with Gasteiger partial charge in [-0.3, -0.25) is 9.00 Å². The number of likely N-dealkylation sites (N-methyl/N-ethyl adjacent to an activating group) is 1. The Morgan fingerprint density at radius 3 is 2.55 bits per heavy atom. The molecule has 2 rings (SSSR count). The third kappa shape index (κ3) is 4.30. The van der Waals surface area contributed by atoms with Crippen LogP contribution in [0.15, 0.2) is 29.2 Å². The van der Waals surface area contributed by atoms with Gasteiger partial charge in [0, 0.05) is 35.5 Å². The fraction of sp³-hybridized carbons (Fsp3) is 0.500. The molecule has 0 saturated carbocycles. The van der Waals surface area contributed by atoms with E-state index in [0.717, 1.165) is 29.8 Å². The second kappa shape index (κ2) is 7.76. The smallest absolute Gasteiger partial charge is 0.239 e. The van der Waals surface area contributed by atoms with Gasteiger partial charge in [0.05, 0.1) is 6.04 Å². The van der Waals surface area contributed by atoms with Gasteiger partial charge in [0.2, 0.25) is 5.91 Å². The van der Waals surface area contributed by atoms with Gasteiger partial charge in [-0.25, -0.2) is 0 Å². The van der Waals surface area contributed by atoms with Gasteiger partial charge in [-0.15, -0.1) is 12.4 Å². The highest BCUT2D eigenvalue weighted by atomic mass is 35.5. The maximum Gasteiger partial charge on any atom is 0.239 e. The Balaban J connectivity index is 0.00000200. The van der Waals surface area contributed by atoms with Gasteiger partial charge in [-0.05, 0) is 37.1 Å². The number of hydrogen-bond acceptors (Lipinski definition) is 3. The van der Waals surface area contributed by atoms with Crippen LogP contribution in [0.2, 0.25) is 0 Å². The first-order chi connectivity index (χ1) is 9.08. The zero-order valence-corrected chi connectivity index (χ0v) is 13.4. The van der Waals surface area contributed by atoms with E-state index in [0.29, 0.717) is 6.54 Å². The molecule has 1 aromatic rings. The van der Waals surface area contributed by atoms with Crippen LogP contribution in [0.5, 0.6) is 0 Å². The largest absolute Gasteiger partial charge is 0.340 e. The van der Waals surface area contributed by atoms with Crippen LogP contribution in [0.1, 0.15) is 18.4 Å². The molecule has 0 aromatic heterocycles. The SMILES string of the molecule is CN(Cc1ccc(S(C)=O)cc1)C(=O)C1CCCN1.Cl. The van der Waals surface area contributed by atoms with E-state index in [1.807, 2.05) is 31.3 Å². The summed E-state index contributed by atoms with van der Waals surface area (Å²) in [6, 6.07) is 7.56. The van der Waals surface area contributed by atoms with Gasteiger partial charge in [-0.2, -0.15) is 0 Å². The zero-order valence-electron chi connectivity index (χ0n) is 11.8. The van der Waals surface area contributed by atoms with Crippen LogP contribution in [-0.2, 0) is 22.1 Å². The Bertz CT molecular complexity index is 473. The maximum atomic E-state index is 12.1. The summed E-state index contributed by atoms with van der Waals surface area (Å²) >= 11 is 0. The number of carbonyl (C=O) groups is 1. The standard InChI is InChI=1S/C14H20N2O2S.ClH/c1-16(14(17)13-4-3-9-15-13)10-11-5-7-12(8-6-11)19(2)18;/h5-8,13,15H,3-4,9-10H2,1-2H3;1H. The molecule has 0 aliphatic carbocycles. The van der Waals surface area contributed by atoms with E-state index in [-0.39, 0.29) is 24.4 Å². The van der Waals surface area contributed by atoms with Crippen LogP contribution in [-0.4, -0.2) is 40.9 Å². The summed E-state index contributed by atoms with van der Waals surface area (Å²) in [7, 11) is 0.876. The lowest BCUT2D eigenvalue weighted by Gasteiger charge is -2.21. The third-order valence-electron chi connectivity index (χ3n) is 3.41. The fourth-order valence-electron chi connectivity index (χ4n) is 2.30. The molecule has 1 fully saturated rings. The zero-order chi connectivity index (χ0) is 13.8. The fourth-order valence-corrected chi connectivity index (χ4v) is 2.82. The molecule has 0 radical (unpaired) electrons. The van der Waals surface area contributed by atoms with Crippen molar-refractivity contribution in [2.24, 2.45) is 0 Å². The van der Waals surface area contributed by atoms with Crippen molar-refractivity contribution in [3.05, 3.63) is 29.8 Å². The van der Waals surface area contributed by atoms with Crippen molar-refractivity contribution < 1.29 is 9.00 Å². The van der Waals surface area contributed by atoms with Gasteiger partial charge in [-0.1, -0.05) is 12.1 Å². The van der Waals surface area contributed by atoms with Gasteiger partial charge in [0.1, 0.15) is 0 Å². The highest BCUT2D eigenvalue weighted by Gasteiger charge is 2.24. The van der Waals surface area contributed by atoms with Crippen molar-refractivity contribution in [2.45, 2.75) is 30.3 Å². The third-order valence-corrected chi connectivity index (χ3v) is 4.35. The second-order valence-corrected chi connectivity index (χ2v) is 6.32. The molecule has 2 unspecified atom stereocenters. The molecule has 1 aliphatic heterocycles. The number of carbonyl (C=O) groups excluding carboxylic acids is 1. The van der Waals surface area contributed by atoms with Crippen LogP contribution in [0.25, 0.3) is 0 Å². The lowest BCUT2D eigenvalue weighted by Crippen LogP contribution is -2.41. The molecule has 0 spiro atoms. The molecule has 20 heavy (non-hydrogen) atoms. The average molecular weight is 317 g/mol. The van der Waals surface area contributed by atoms with Crippen LogP contribution in [0.4, 0.5) is 0 Å². The molecule has 6 heteroatoms. The Hall–Kier alpha value is -0.910. The number of nitrogens with zero attached hydrogens (tertiary/aromatic N) is 1. The van der Waals surface area contributed by atoms with Gasteiger partial charge in [0.25, 0.3) is 0 Å². The van der Waals surface area contributed by atoms with Crippen molar-refractivity contribution in [3.8, 4) is 0 Å². The van der Waals surface area contributed by atoms with Crippen molar-refractivity contribution in [3.63, 3.8) is 0 Å². The number of nitrogens with one attached hydrogen (secondary N) is 1. The summed E-state index contributed by atoms with van der Waals surface area (Å²) in [4.78, 5) is 14.7. The van der Waals surface area contributed by atoms with Crippen molar-refractivity contribution >= 4 is 29.1 Å². The van der Waals surface area contributed by atoms with E-state index in [9.17, 15) is 9.00 Å². The average Bonchev–Trinajstić information content (AvgIpc) is 2.92. The minimum atomic E-state index is -0.951. The predicted octanol–water partition coefficient (Wildman–Crippen LogP) is 1.56. The molecular formula is C14H21ClN2O2S. The first kappa shape index (κ1) is 17.1. The van der Waals surface area contributed by atoms with Crippen molar-refractivity contribution in [1.82, 2.24) is 10.2 Å². The molecule has 4 nitrogen and oxygen atoms in total. The van der Waals surface area contributed by atoms with Gasteiger partial charge >= 0.3 is 0 Å². The van der Waals surface area contributed by atoms with E-state index >= 15 is 0 Å². The van der Waals surface area contributed by atoms with Crippen molar-refractivity contribution in [2.75, 3.05) is 19.8 Å². The summed E-state index contributed by atoms with van der Waals surface area (Å²) in [6.07, 6.45) is 3.66. The number of benzene rings is 1. The lowest BCUT2D eigenvalue weighted by molar-refractivity contribution is -0.132. The predicted molar refractivity (Wildman–Crippen MR) is 83.5 cm³/mol. The van der Waals surface area contributed by atoms with E-state index in [1.54, 1.807) is 11.2 Å². The van der Waals surface area contributed by atoms with Crippen molar-refractivity contribution in [1.29, 1.82) is 0 Å². The van der Waals surface area contributed by atoms with Crippen LogP contribution in [0.3, 0.4) is 0 Å². The van der Waals surface area contributed by atoms with Crippen LogP contribution in [0, 0.1) is 0 Å². The Morgan fingerprint density at radius 1 is 1.40 bits per heavy atom. The Labute approximate surface area is 128 Å². The molecular weight excluding hydrogens is 296 g/mol. The van der Waals surface area contributed by atoms with Crippen LogP contribution >= 0.6 is 12.4 Å². The highest BCUT2D eigenvalue weighted by molar-refractivity contribution is 7.84. The Morgan fingerprint density at radius 2 is 2.05 bits per heavy atom. The monoisotopic (exact) mass is 316 g/mol. The molecule has 1 amide bonds. The number of hydrogen-bond donors (Lipinski definition) is 1. The van der Waals surface area contributed by atoms with Gasteiger partial charge in [0.15, 0.2) is 0 Å². The molecule has 1 aromatic carbocycles. The molecule has 1 aliphatic rings. The molecule has 1 heterocycles. The molecule has 1 N–H and O–H groups in total. The summed E-state index contributed by atoms with van der Waals surface area (Å²) in [5.74, 6) is 0.153. The van der Waals surface area contributed by atoms with E-state index in [4.69, 9.17) is 0 Å². The molecule has 1 saturated heterocycles. The highest BCUT2D eigenvalue weighted by Crippen LogP contribution is 2.12. The molecule has 112 valence electrons.